The van der Waals surface area contributed by atoms with Gasteiger partial charge in [-0.05, 0) is 24.3 Å². The maximum absolute atomic E-state index is 11.8. The van der Waals surface area contributed by atoms with E-state index in [0.29, 0.717) is 5.56 Å². The molecule has 0 atom stereocenters. The summed E-state index contributed by atoms with van der Waals surface area (Å²) in [6.45, 7) is -2.84. The highest BCUT2D eigenvalue weighted by Crippen LogP contribution is 2.14. The van der Waals surface area contributed by atoms with Gasteiger partial charge in [-0.25, -0.2) is 0 Å². The first-order valence-electron chi connectivity index (χ1n) is 4.40. The van der Waals surface area contributed by atoms with E-state index in [1.54, 1.807) is 0 Å². The number of carbonyl (C=O) groups is 1. The van der Waals surface area contributed by atoms with E-state index >= 15 is 0 Å². The van der Waals surface area contributed by atoms with Crippen LogP contribution in [0.15, 0.2) is 24.3 Å². The SMILES string of the molecule is NC(=O)CC#Cc1ccc(OC(F)F)cc1. The first-order valence-corrected chi connectivity index (χ1v) is 4.40. The second-order valence-electron chi connectivity index (χ2n) is 2.85. The summed E-state index contributed by atoms with van der Waals surface area (Å²) < 4.78 is 27.8. The molecule has 0 unspecified atom stereocenters. The number of hydrogen-bond donors (Lipinski definition) is 1. The van der Waals surface area contributed by atoms with Crippen LogP contribution < -0.4 is 10.5 Å². The van der Waals surface area contributed by atoms with E-state index in [0.717, 1.165) is 0 Å². The van der Waals surface area contributed by atoms with Crippen LogP contribution in [-0.2, 0) is 4.79 Å². The Bertz CT molecular complexity index is 418. The first-order chi connectivity index (χ1) is 7.58. The third-order valence-electron chi connectivity index (χ3n) is 1.57. The topological polar surface area (TPSA) is 52.3 Å². The zero-order chi connectivity index (χ0) is 12.0. The van der Waals surface area contributed by atoms with Crippen molar-refractivity contribution in [2.45, 2.75) is 13.0 Å². The molecule has 0 radical (unpaired) electrons. The Morgan fingerprint density at radius 1 is 1.38 bits per heavy atom. The summed E-state index contributed by atoms with van der Waals surface area (Å²) >= 11 is 0. The molecule has 84 valence electrons. The molecule has 0 aliphatic rings. The van der Waals surface area contributed by atoms with Crippen LogP contribution in [0.5, 0.6) is 5.75 Å². The van der Waals surface area contributed by atoms with Crippen LogP contribution >= 0.6 is 0 Å². The third-order valence-corrected chi connectivity index (χ3v) is 1.57. The van der Waals surface area contributed by atoms with E-state index in [2.05, 4.69) is 16.6 Å². The molecule has 0 saturated heterocycles. The van der Waals surface area contributed by atoms with Gasteiger partial charge in [0.1, 0.15) is 5.75 Å². The number of ether oxygens (including phenoxy) is 1. The Balaban J connectivity index is 2.63. The van der Waals surface area contributed by atoms with E-state index in [4.69, 9.17) is 5.73 Å². The van der Waals surface area contributed by atoms with E-state index in [-0.39, 0.29) is 12.2 Å². The van der Waals surface area contributed by atoms with Gasteiger partial charge >= 0.3 is 6.61 Å². The van der Waals surface area contributed by atoms with Crippen molar-refractivity contribution in [1.82, 2.24) is 0 Å². The van der Waals surface area contributed by atoms with E-state index < -0.39 is 12.5 Å². The molecule has 2 N–H and O–H groups in total. The van der Waals surface area contributed by atoms with Crippen molar-refractivity contribution in [1.29, 1.82) is 0 Å². The van der Waals surface area contributed by atoms with Crippen molar-refractivity contribution in [3.05, 3.63) is 29.8 Å². The Morgan fingerprint density at radius 3 is 2.50 bits per heavy atom. The minimum Gasteiger partial charge on any atom is -0.435 e. The molecule has 1 amide bonds. The second kappa shape index (κ2) is 5.71. The minimum atomic E-state index is -2.84. The smallest absolute Gasteiger partial charge is 0.387 e. The molecular formula is C11H9F2NO2. The van der Waals surface area contributed by atoms with Gasteiger partial charge in [0.25, 0.3) is 0 Å². The molecule has 1 aromatic carbocycles. The van der Waals surface area contributed by atoms with Crippen molar-refractivity contribution >= 4 is 5.91 Å². The molecule has 0 aromatic heterocycles. The highest BCUT2D eigenvalue weighted by Gasteiger charge is 2.02. The normalized spacial score (nSPS) is 9.44. The molecule has 16 heavy (non-hydrogen) atoms. The largest absolute Gasteiger partial charge is 0.435 e. The number of halogens is 2. The fraction of sp³-hybridized carbons (Fsp3) is 0.182. The van der Waals surface area contributed by atoms with Gasteiger partial charge in [-0.2, -0.15) is 8.78 Å². The quantitative estimate of drug-likeness (QED) is 0.793. The fourth-order valence-electron chi connectivity index (χ4n) is 0.953. The maximum Gasteiger partial charge on any atom is 0.387 e. The Morgan fingerprint density at radius 2 is 2.00 bits per heavy atom. The highest BCUT2D eigenvalue weighted by molar-refractivity contribution is 5.76. The zero-order valence-electron chi connectivity index (χ0n) is 8.24. The number of benzene rings is 1. The Kier molecular flexibility index (Phi) is 4.28. The molecule has 0 spiro atoms. The predicted molar refractivity (Wildman–Crippen MR) is 53.8 cm³/mol. The van der Waals surface area contributed by atoms with Crippen LogP contribution in [0, 0.1) is 11.8 Å². The molecule has 3 nitrogen and oxygen atoms in total. The van der Waals surface area contributed by atoms with Crippen molar-refractivity contribution in [2.24, 2.45) is 5.73 Å². The lowest BCUT2D eigenvalue weighted by atomic mass is 10.2. The van der Waals surface area contributed by atoms with Crippen molar-refractivity contribution in [2.75, 3.05) is 0 Å². The molecule has 0 fully saturated rings. The molecule has 0 aliphatic carbocycles. The second-order valence-corrected chi connectivity index (χ2v) is 2.85. The summed E-state index contributed by atoms with van der Waals surface area (Å²) in [5, 5.41) is 0. The Labute approximate surface area is 91.2 Å². The van der Waals surface area contributed by atoms with Gasteiger partial charge in [0.05, 0.1) is 6.42 Å². The van der Waals surface area contributed by atoms with Crippen LogP contribution in [0.3, 0.4) is 0 Å². The monoisotopic (exact) mass is 225 g/mol. The van der Waals surface area contributed by atoms with Crippen LogP contribution in [0.2, 0.25) is 0 Å². The van der Waals surface area contributed by atoms with Gasteiger partial charge < -0.3 is 10.5 Å². The molecule has 0 aliphatic heterocycles. The van der Waals surface area contributed by atoms with Crippen LogP contribution in [0.1, 0.15) is 12.0 Å². The summed E-state index contributed by atoms with van der Waals surface area (Å²) in [6.07, 6.45) is -0.0325. The molecule has 1 aromatic rings. The van der Waals surface area contributed by atoms with Gasteiger partial charge in [0.2, 0.25) is 5.91 Å². The summed E-state index contributed by atoms with van der Waals surface area (Å²) in [5.74, 6) is 4.77. The maximum atomic E-state index is 11.8. The van der Waals surface area contributed by atoms with Gasteiger partial charge in [-0.3, -0.25) is 4.79 Å². The van der Waals surface area contributed by atoms with Crippen LogP contribution in [0.4, 0.5) is 8.78 Å². The average molecular weight is 225 g/mol. The lowest BCUT2D eigenvalue weighted by Gasteiger charge is -2.02. The van der Waals surface area contributed by atoms with Crippen LogP contribution in [-0.4, -0.2) is 12.5 Å². The minimum absolute atomic E-state index is 0.0325. The van der Waals surface area contributed by atoms with Crippen molar-refractivity contribution in [3.63, 3.8) is 0 Å². The average Bonchev–Trinajstić information content (AvgIpc) is 2.19. The Hall–Kier alpha value is -2.09. The molecule has 0 heterocycles. The molecule has 0 bridgehead atoms. The highest BCUT2D eigenvalue weighted by atomic mass is 19.3. The van der Waals surface area contributed by atoms with Crippen molar-refractivity contribution < 1.29 is 18.3 Å². The van der Waals surface area contributed by atoms with E-state index in [1.165, 1.54) is 24.3 Å². The van der Waals surface area contributed by atoms with Gasteiger partial charge in [-0.15, -0.1) is 0 Å². The van der Waals surface area contributed by atoms with Crippen LogP contribution in [0.25, 0.3) is 0 Å². The fourth-order valence-corrected chi connectivity index (χ4v) is 0.953. The van der Waals surface area contributed by atoms with Gasteiger partial charge in [-0.1, -0.05) is 11.8 Å². The molecule has 1 rings (SSSR count). The number of alkyl halides is 2. The molecular weight excluding hydrogens is 216 g/mol. The number of rotatable bonds is 3. The number of carbonyl (C=O) groups excluding carboxylic acids is 1. The number of hydrogen-bond acceptors (Lipinski definition) is 2. The lowest BCUT2D eigenvalue weighted by molar-refractivity contribution is -0.117. The zero-order valence-corrected chi connectivity index (χ0v) is 8.24. The number of amides is 1. The van der Waals surface area contributed by atoms with Crippen molar-refractivity contribution in [3.8, 4) is 17.6 Å². The van der Waals surface area contributed by atoms with Gasteiger partial charge in [0, 0.05) is 5.56 Å². The molecule has 0 saturated carbocycles. The number of primary amides is 1. The number of nitrogens with two attached hydrogens (primary N) is 1. The molecule has 5 heteroatoms. The predicted octanol–water partition coefficient (Wildman–Crippen LogP) is 1.51. The first kappa shape index (κ1) is 12.0. The third kappa shape index (κ3) is 4.42. The summed E-state index contributed by atoms with van der Waals surface area (Å²) in [6, 6.07) is 5.79. The standard InChI is InChI=1S/C11H9F2NO2/c12-11(13)16-9-6-4-8(5-7-9)2-1-3-10(14)15/h4-7,11H,3H2,(H2,14,15). The summed E-state index contributed by atoms with van der Waals surface area (Å²) in [7, 11) is 0. The van der Waals surface area contributed by atoms with Gasteiger partial charge in [0.15, 0.2) is 0 Å². The van der Waals surface area contributed by atoms with E-state index in [1.807, 2.05) is 0 Å². The summed E-state index contributed by atoms with van der Waals surface area (Å²) in [4.78, 5) is 10.4. The lowest BCUT2D eigenvalue weighted by Crippen LogP contribution is -2.08. The van der Waals surface area contributed by atoms with E-state index in [9.17, 15) is 13.6 Å². The summed E-state index contributed by atoms with van der Waals surface area (Å²) in [5.41, 5.74) is 5.49.